The van der Waals surface area contributed by atoms with Gasteiger partial charge < -0.3 is 36.6 Å². The van der Waals surface area contributed by atoms with Crippen LogP contribution in [0.4, 0.5) is 0 Å². The molecule has 0 heterocycles. The number of carbonyl (C=O) groups excluding carboxylic acids is 8. The van der Waals surface area contributed by atoms with Gasteiger partial charge in [0.1, 0.15) is 29.2 Å². The van der Waals surface area contributed by atoms with E-state index in [1.807, 2.05) is 6.07 Å². The summed E-state index contributed by atoms with van der Waals surface area (Å²) in [4.78, 5) is 101. The molecule has 0 aliphatic rings. The molecule has 3 atom stereocenters. The molecule has 0 saturated carbocycles. The summed E-state index contributed by atoms with van der Waals surface area (Å²) >= 11 is 2.10. The van der Waals surface area contributed by atoms with Crippen molar-refractivity contribution in [3.8, 4) is 0 Å². The van der Waals surface area contributed by atoms with Crippen molar-refractivity contribution in [3.05, 3.63) is 69.3 Å². The van der Waals surface area contributed by atoms with E-state index in [0.717, 1.165) is 3.57 Å². The van der Waals surface area contributed by atoms with E-state index in [9.17, 15) is 38.4 Å². The zero-order valence-electron chi connectivity index (χ0n) is 30.3. The lowest BCUT2D eigenvalue weighted by molar-refractivity contribution is -0.151. The zero-order valence-corrected chi connectivity index (χ0v) is 32.5. The quantitative estimate of drug-likeness (QED) is 0.0555. The minimum Gasteiger partial charge on any atom is -0.456 e. The number of ether oxygens (including phenoxy) is 1. The maximum absolute atomic E-state index is 13.1. The minimum absolute atomic E-state index is 0.167. The molecule has 2 aromatic rings. The summed E-state index contributed by atoms with van der Waals surface area (Å²) in [6, 6.07) is 12.0. The second kappa shape index (κ2) is 19.7. The molecule has 6 amide bonds. The molecule has 6 N–H and O–H groups in total. The molecule has 0 aliphatic carbocycles. The van der Waals surface area contributed by atoms with Crippen molar-refractivity contribution in [2.45, 2.75) is 90.5 Å². The first kappa shape index (κ1) is 43.3. The maximum atomic E-state index is 13.1. The van der Waals surface area contributed by atoms with Crippen LogP contribution in [0.5, 0.6) is 0 Å². The number of Topliss-reactive ketones (excluding diaryl/α,β-unsaturated/α-hetero) is 1. The van der Waals surface area contributed by atoms with E-state index in [4.69, 9.17) is 4.74 Å². The standard InChI is InChI=1S/C36H47IN6O9/c1-21(39-32(49)27(41-23(3)44)17-12-18-38-31(48)25-15-11-16-26(37)19-25)29(46)42-35(4,5)33(50)40-22(2)30(47)43-36(6,7)34(51)52-20-28(45)24-13-9-8-10-14-24/h8-11,13-16,19,21-22,27H,12,17-18,20H2,1-7H3,(H,38,48)(H,39,49)(H,40,50)(H,41,44)(H,42,46)(H,43,47)/t21-,22-,27-/m0/s1. The van der Waals surface area contributed by atoms with E-state index in [1.54, 1.807) is 48.5 Å². The van der Waals surface area contributed by atoms with Gasteiger partial charge in [-0.05, 0) is 95.2 Å². The maximum Gasteiger partial charge on any atom is 0.331 e. The van der Waals surface area contributed by atoms with E-state index >= 15 is 0 Å². The second-order valence-electron chi connectivity index (χ2n) is 13.2. The number of carbonyl (C=O) groups is 8. The summed E-state index contributed by atoms with van der Waals surface area (Å²) < 4.78 is 6.02. The van der Waals surface area contributed by atoms with Crippen LogP contribution in [-0.2, 0) is 33.5 Å². The highest BCUT2D eigenvalue weighted by atomic mass is 127. The van der Waals surface area contributed by atoms with Gasteiger partial charge in [-0.25, -0.2) is 4.79 Å². The molecular weight excluding hydrogens is 787 g/mol. The Morgan fingerprint density at radius 1 is 0.731 bits per heavy atom. The van der Waals surface area contributed by atoms with Gasteiger partial charge >= 0.3 is 5.97 Å². The molecule has 0 unspecified atom stereocenters. The van der Waals surface area contributed by atoms with Gasteiger partial charge in [-0.2, -0.15) is 0 Å². The van der Waals surface area contributed by atoms with E-state index < -0.39 is 77.1 Å². The van der Waals surface area contributed by atoms with Gasteiger partial charge in [0.25, 0.3) is 5.91 Å². The van der Waals surface area contributed by atoms with Crippen LogP contribution in [-0.4, -0.2) is 89.6 Å². The third kappa shape index (κ3) is 14.0. The molecule has 16 heteroatoms. The van der Waals surface area contributed by atoms with Crippen molar-refractivity contribution < 1.29 is 43.1 Å². The number of halogens is 1. The number of ketones is 1. The van der Waals surface area contributed by atoms with Gasteiger partial charge in [0, 0.05) is 28.2 Å². The van der Waals surface area contributed by atoms with Crippen LogP contribution < -0.4 is 31.9 Å². The smallest absolute Gasteiger partial charge is 0.331 e. The highest BCUT2D eigenvalue weighted by molar-refractivity contribution is 14.1. The molecule has 0 saturated heterocycles. The summed E-state index contributed by atoms with van der Waals surface area (Å²) in [6.07, 6.45) is 0.514. The lowest BCUT2D eigenvalue weighted by Crippen LogP contribution is -2.62. The number of hydrogen-bond donors (Lipinski definition) is 6. The van der Waals surface area contributed by atoms with Crippen LogP contribution in [0.3, 0.4) is 0 Å². The third-order valence-electron chi connectivity index (χ3n) is 7.61. The number of esters is 1. The Morgan fingerprint density at radius 3 is 1.90 bits per heavy atom. The fourth-order valence-corrected chi connectivity index (χ4v) is 5.08. The van der Waals surface area contributed by atoms with Crippen molar-refractivity contribution in [3.63, 3.8) is 0 Å². The first-order chi connectivity index (χ1) is 24.2. The van der Waals surface area contributed by atoms with E-state index in [0.29, 0.717) is 17.5 Å². The molecule has 282 valence electrons. The van der Waals surface area contributed by atoms with Gasteiger partial charge in [0.15, 0.2) is 12.4 Å². The Balaban J connectivity index is 1.87. The molecule has 0 fully saturated rings. The molecule has 2 aromatic carbocycles. The van der Waals surface area contributed by atoms with Gasteiger partial charge in [-0.15, -0.1) is 0 Å². The largest absolute Gasteiger partial charge is 0.456 e. The molecule has 52 heavy (non-hydrogen) atoms. The minimum atomic E-state index is -1.55. The van der Waals surface area contributed by atoms with Crippen molar-refractivity contribution in [2.75, 3.05) is 13.2 Å². The van der Waals surface area contributed by atoms with Crippen LogP contribution in [0.25, 0.3) is 0 Å². The second-order valence-corrected chi connectivity index (χ2v) is 14.4. The Kier molecular flexibility index (Phi) is 16.4. The Bertz CT molecular complexity index is 1650. The van der Waals surface area contributed by atoms with Crippen LogP contribution in [0.2, 0.25) is 0 Å². The van der Waals surface area contributed by atoms with Crippen LogP contribution in [0.1, 0.15) is 82.0 Å². The van der Waals surface area contributed by atoms with Gasteiger partial charge in [-0.3, -0.25) is 33.6 Å². The van der Waals surface area contributed by atoms with Crippen LogP contribution >= 0.6 is 22.6 Å². The average molecular weight is 835 g/mol. The molecule has 0 radical (unpaired) electrons. The highest BCUT2D eigenvalue weighted by Gasteiger charge is 2.36. The summed E-state index contributed by atoms with van der Waals surface area (Å²) in [6.45, 7) is 9.31. The zero-order chi connectivity index (χ0) is 39.2. The highest BCUT2D eigenvalue weighted by Crippen LogP contribution is 2.10. The molecular formula is C36H47IN6O9. The molecule has 15 nitrogen and oxygen atoms in total. The van der Waals surface area contributed by atoms with Gasteiger partial charge in [-0.1, -0.05) is 36.4 Å². The van der Waals surface area contributed by atoms with E-state index in [-0.39, 0.29) is 18.9 Å². The van der Waals surface area contributed by atoms with Crippen molar-refractivity contribution in [2.24, 2.45) is 0 Å². The first-order valence-corrected chi connectivity index (χ1v) is 17.6. The fraction of sp³-hybridized carbons (Fsp3) is 0.444. The fourth-order valence-electron chi connectivity index (χ4n) is 4.54. The predicted molar refractivity (Wildman–Crippen MR) is 200 cm³/mol. The number of nitrogens with one attached hydrogen (secondary N) is 6. The monoisotopic (exact) mass is 834 g/mol. The predicted octanol–water partition coefficient (Wildman–Crippen LogP) is 1.53. The number of hydrogen-bond acceptors (Lipinski definition) is 9. The third-order valence-corrected chi connectivity index (χ3v) is 8.28. The molecule has 0 aromatic heterocycles. The van der Waals surface area contributed by atoms with Crippen molar-refractivity contribution in [1.29, 1.82) is 0 Å². The summed E-state index contributed by atoms with van der Waals surface area (Å²) in [5, 5.41) is 15.4. The first-order valence-electron chi connectivity index (χ1n) is 16.5. The Hall–Kier alpha value is -4.87. The summed E-state index contributed by atoms with van der Waals surface area (Å²) in [5.74, 6) is -4.84. The Labute approximate surface area is 316 Å². The lowest BCUT2D eigenvalue weighted by atomic mass is 10.0. The SMILES string of the molecule is CC(=O)N[C@@H](CCCNC(=O)c1cccc(I)c1)C(=O)N[C@@H](C)C(=O)NC(C)(C)C(=O)N[C@@H](C)C(=O)NC(C)(C)C(=O)OCC(=O)c1ccccc1. The van der Waals surface area contributed by atoms with Crippen LogP contribution in [0.15, 0.2) is 54.6 Å². The molecule has 0 bridgehead atoms. The molecule has 0 spiro atoms. The number of rotatable bonds is 18. The lowest BCUT2D eigenvalue weighted by Gasteiger charge is -2.30. The topological polar surface area (TPSA) is 218 Å². The normalized spacial score (nSPS) is 12.9. The number of amides is 6. The van der Waals surface area contributed by atoms with Crippen molar-refractivity contribution >= 4 is 69.8 Å². The van der Waals surface area contributed by atoms with Crippen molar-refractivity contribution in [1.82, 2.24) is 31.9 Å². The number of benzene rings is 2. The average Bonchev–Trinajstić information content (AvgIpc) is 3.07. The Morgan fingerprint density at radius 2 is 1.31 bits per heavy atom. The van der Waals surface area contributed by atoms with E-state index in [1.165, 1.54) is 48.5 Å². The summed E-state index contributed by atoms with van der Waals surface area (Å²) in [5.41, 5.74) is -2.24. The van der Waals surface area contributed by atoms with Crippen LogP contribution in [0, 0.1) is 3.57 Å². The molecule has 2 rings (SSSR count). The van der Waals surface area contributed by atoms with E-state index in [2.05, 4.69) is 54.5 Å². The summed E-state index contributed by atoms with van der Waals surface area (Å²) in [7, 11) is 0. The van der Waals surface area contributed by atoms with Gasteiger partial charge in [0.2, 0.25) is 29.5 Å². The van der Waals surface area contributed by atoms with Gasteiger partial charge in [0.05, 0.1) is 0 Å². The molecule has 0 aliphatic heterocycles.